The molecule has 1 aromatic rings. The second kappa shape index (κ2) is 5.49. The number of nitrogens with two attached hydrogens (primary N) is 1. The van der Waals surface area contributed by atoms with Crippen molar-refractivity contribution in [1.29, 1.82) is 0 Å². The van der Waals surface area contributed by atoms with Gasteiger partial charge < -0.3 is 10.8 Å². The third-order valence-electron chi connectivity index (χ3n) is 3.24. The van der Waals surface area contributed by atoms with Gasteiger partial charge in [-0.2, -0.15) is 0 Å². The predicted octanol–water partition coefficient (Wildman–Crippen LogP) is 1.14. The molecule has 5 nitrogen and oxygen atoms in total. The molecule has 0 radical (unpaired) electrons. The first kappa shape index (κ1) is 13.0. The maximum Gasteiger partial charge on any atom is 0.345 e. The number of carboxylic acids is 1. The van der Waals surface area contributed by atoms with Crippen molar-refractivity contribution in [2.75, 3.05) is 13.1 Å². The third kappa shape index (κ3) is 3.08. The van der Waals surface area contributed by atoms with Crippen LogP contribution < -0.4 is 5.73 Å². The average molecular weight is 268 g/mol. The van der Waals surface area contributed by atoms with E-state index in [2.05, 4.69) is 4.90 Å². The molecule has 0 aliphatic carbocycles. The molecule has 3 N–H and O–H groups in total. The number of likely N-dealkylation sites (tertiary alicyclic amines) is 1. The Morgan fingerprint density at radius 1 is 1.39 bits per heavy atom. The fourth-order valence-electron chi connectivity index (χ4n) is 2.17. The Labute approximate surface area is 109 Å². The Morgan fingerprint density at radius 2 is 2.06 bits per heavy atom. The highest BCUT2D eigenvalue weighted by atomic mass is 32.1. The summed E-state index contributed by atoms with van der Waals surface area (Å²) >= 11 is 1.31. The number of hydrogen-bond donors (Lipinski definition) is 2. The van der Waals surface area contributed by atoms with E-state index >= 15 is 0 Å². The van der Waals surface area contributed by atoms with Gasteiger partial charge in [0.2, 0.25) is 5.91 Å². The summed E-state index contributed by atoms with van der Waals surface area (Å²) in [6, 6.07) is 3.49. The van der Waals surface area contributed by atoms with Crippen molar-refractivity contribution in [3.05, 3.63) is 21.9 Å². The quantitative estimate of drug-likeness (QED) is 0.857. The van der Waals surface area contributed by atoms with Crippen LogP contribution in [0.1, 0.15) is 27.4 Å². The van der Waals surface area contributed by atoms with Gasteiger partial charge in [0.1, 0.15) is 4.88 Å². The van der Waals surface area contributed by atoms with Crippen molar-refractivity contribution in [2.45, 2.75) is 19.4 Å². The highest BCUT2D eigenvalue weighted by Gasteiger charge is 2.23. The lowest BCUT2D eigenvalue weighted by Crippen LogP contribution is -2.37. The molecule has 1 saturated heterocycles. The maximum absolute atomic E-state index is 11.0. The van der Waals surface area contributed by atoms with Gasteiger partial charge in [-0.1, -0.05) is 0 Å². The minimum absolute atomic E-state index is 0.000772. The van der Waals surface area contributed by atoms with Crippen LogP contribution >= 0.6 is 11.3 Å². The standard InChI is InChI=1S/C12H16N2O3S/c13-11(15)8-3-5-14(6-4-8)7-9-1-2-10(18-9)12(16)17/h1-2,8H,3-7H2,(H2,13,15)(H,16,17). The van der Waals surface area contributed by atoms with E-state index in [1.54, 1.807) is 6.07 Å². The lowest BCUT2D eigenvalue weighted by Gasteiger charge is -2.29. The number of piperidine rings is 1. The van der Waals surface area contributed by atoms with Gasteiger partial charge in [-0.25, -0.2) is 4.79 Å². The first-order chi connectivity index (χ1) is 8.56. The van der Waals surface area contributed by atoms with E-state index in [1.807, 2.05) is 6.07 Å². The molecular formula is C12H16N2O3S. The lowest BCUT2D eigenvalue weighted by molar-refractivity contribution is -0.123. The minimum atomic E-state index is -0.876. The van der Waals surface area contributed by atoms with Crippen LogP contribution in [-0.4, -0.2) is 35.0 Å². The SMILES string of the molecule is NC(=O)C1CCN(Cc2ccc(C(=O)O)s2)CC1. The number of amides is 1. The molecular weight excluding hydrogens is 252 g/mol. The number of primary amides is 1. The predicted molar refractivity (Wildman–Crippen MR) is 68.5 cm³/mol. The van der Waals surface area contributed by atoms with E-state index in [4.69, 9.17) is 10.8 Å². The third-order valence-corrected chi connectivity index (χ3v) is 4.30. The van der Waals surface area contributed by atoms with E-state index in [0.29, 0.717) is 4.88 Å². The summed E-state index contributed by atoms with van der Waals surface area (Å²) < 4.78 is 0. The molecule has 18 heavy (non-hydrogen) atoms. The van der Waals surface area contributed by atoms with Crippen molar-refractivity contribution in [2.24, 2.45) is 11.7 Å². The Bertz CT molecular complexity index is 450. The van der Waals surface area contributed by atoms with Crippen LogP contribution in [0.4, 0.5) is 0 Å². The average Bonchev–Trinajstić information content (AvgIpc) is 2.78. The molecule has 0 aromatic carbocycles. The van der Waals surface area contributed by atoms with Gasteiger partial charge in [-0.15, -0.1) is 11.3 Å². The van der Waals surface area contributed by atoms with E-state index in [9.17, 15) is 9.59 Å². The van der Waals surface area contributed by atoms with Crippen molar-refractivity contribution in [1.82, 2.24) is 4.90 Å². The number of rotatable bonds is 4. The summed E-state index contributed by atoms with van der Waals surface area (Å²) in [6.07, 6.45) is 1.60. The Balaban J connectivity index is 1.87. The van der Waals surface area contributed by atoms with Crippen LogP contribution in [-0.2, 0) is 11.3 Å². The Morgan fingerprint density at radius 3 is 2.56 bits per heavy atom. The number of aromatic carboxylic acids is 1. The van der Waals surface area contributed by atoms with Crippen LogP contribution in [0.5, 0.6) is 0 Å². The van der Waals surface area contributed by atoms with Gasteiger partial charge in [-0.3, -0.25) is 9.69 Å². The molecule has 2 rings (SSSR count). The van der Waals surface area contributed by atoms with Crippen LogP contribution in [0.25, 0.3) is 0 Å². The summed E-state index contributed by atoms with van der Waals surface area (Å²) in [5.41, 5.74) is 5.28. The largest absolute Gasteiger partial charge is 0.477 e. The number of carbonyl (C=O) groups excluding carboxylic acids is 1. The molecule has 1 aliphatic heterocycles. The fourth-order valence-corrected chi connectivity index (χ4v) is 3.06. The summed E-state index contributed by atoms with van der Waals surface area (Å²) in [4.78, 5) is 25.5. The molecule has 1 amide bonds. The molecule has 1 fully saturated rings. The molecule has 0 bridgehead atoms. The van der Waals surface area contributed by atoms with Crippen LogP contribution in [0.3, 0.4) is 0 Å². The molecule has 2 heterocycles. The molecule has 6 heteroatoms. The monoisotopic (exact) mass is 268 g/mol. The maximum atomic E-state index is 11.0. The number of thiophene rings is 1. The van der Waals surface area contributed by atoms with E-state index in [0.717, 1.165) is 37.4 Å². The highest BCUT2D eigenvalue weighted by molar-refractivity contribution is 7.13. The van der Waals surface area contributed by atoms with Gasteiger partial charge in [0.15, 0.2) is 0 Å². The molecule has 1 aromatic heterocycles. The van der Waals surface area contributed by atoms with Crippen molar-refractivity contribution in [3.8, 4) is 0 Å². The van der Waals surface area contributed by atoms with E-state index < -0.39 is 5.97 Å². The number of hydrogen-bond acceptors (Lipinski definition) is 4. The van der Waals surface area contributed by atoms with Crippen LogP contribution in [0.15, 0.2) is 12.1 Å². The lowest BCUT2D eigenvalue weighted by atomic mass is 9.96. The van der Waals surface area contributed by atoms with E-state index in [-0.39, 0.29) is 11.8 Å². The number of nitrogens with zero attached hydrogens (tertiary/aromatic N) is 1. The first-order valence-electron chi connectivity index (χ1n) is 5.90. The normalized spacial score (nSPS) is 17.8. The van der Waals surface area contributed by atoms with Crippen molar-refractivity contribution < 1.29 is 14.7 Å². The van der Waals surface area contributed by atoms with Gasteiger partial charge in [0.05, 0.1) is 0 Å². The molecule has 1 aliphatic rings. The summed E-state index contributed by atoms with van der Waals surface area (Å²) in [5, 5.41) is 8.85. The molecule has 0 atom stereocenters. The Kier molecular flexibility index (Phi) is 3.98. The van der Waals surface area contributed by atoms with Gasteiger partial charge in [0.25, 0.3) is 0 Å². The van der Waals surface area contributed by atoms with Crippen molar-refractivity contribution in [3.63, 3.8) is 0 Å². The fraction of sp³-hybridized carbons (Fsp3) is 0.500. The highest BCUT2D eigenvalue weighted by Crippen LogP contribution is 2.22. The smallest absolute Gasteiger partial charge is 0.345 e. The second-order valence-electron chi connectivity index (χ2n) is 4.52. The summed E-state index contributed by atoms with van der Waals surface area (Å²) in [7, 11) is 0. The topological polar surface area (TPSA) is 83.6 Å². The summed E-state index contributed by atoms with van der Waals surface area (Å²) in [5.74, 6) is -1.09. The molecule has 0 unspecified atom stereocenters. The number of carbonyl (C=O) groups is 2. The zero-order valence-corrected chi connectivity index (χ0v) is 10.8. The second-order valence-corrected chi connectivity index (χ2v) is 5.69. The number of carboxylic acid groups (broad SMARTS) is 1. The zero-order valence-electron chi connectivity index (χ0n) is 9.96. The molecule has 0 saturated carbocycles. The van der Waals surface area contributed by atoms with Crippen molar-refractivity contribution >= 4 is 23.2 Å². The minimum Gasteiger partial charge on any atom is -0.477 e. The summed E-state index contributed by atoms with van der Waals surface area (Å²) in [6.45, 7) is 2.44. The van der Waals surface area contributed by atoms with Gasteiger partial charge >= 0.3 is 5.97 Å². The van der Waals surface area contributed by atoms with E-state index in [1.165, 1.54) is 11.3 Å². The molecule has 98 valence electrons. The Hall–Kier alpha value is -1.40. The van der Waals surface area contributed by atoms with Gasteiger partial charge in [0, 0.05) is 17.3 Å². The molecule has 0 spiro atoms. The van der Waals surface area contributed by atoms with Crippen LogP contribution in [0.2, 0.25) is 0 Å². The zero-order chi connectivity index (χ0) is 13.1. The first-order valence-corrected chi connectivity index (χ1v) is 6.71. The van der Waals surface area contributed by atoms with Crippen LogP contribution in [0, 0.1) is 5.92 Å². The van der Waals surface area contributed by atoms with Gasteiger partial charge in [-0.05, 0) is 38.1 Å².